The number of para-hydroxylation sites is 1. The minimum atomic E-state index is -0.530. The van der Waals surface area contributed by atoms with Crippen molar-refractivity contribution in [3.63, 3.8) is 0 Å². The van der Waals surface area contributed by atoms with Crippen molar-refractivity contribution in [2.75, 3.05) is 4.90 Å². The predicted molar refractivity (Wildman–Crippen MR) is 221 cm³/mol. The van der Waals surface area contributed by atoms with E-state index in [-0.39, 0.29) is 5.41 Å². The van der Waals surface area contributed by atoms with Crippen molar-refractivity contribution in [3.8, 4) is 33.4 Å². The standard InChI is InChI=1S/C52H39N/c1-51(2)46-28-16-15-26-43(46)44-32-30-40(34-48(44)51)53(39-24-13-6-14-25-39)41-31-33-45-49(35-41)52(37-20-9-4-10-21-37,38-22-11-5-12-23-38)47-29-17-27-42(50(45)47)36-18-7-3-8-19-36/h3-35H,1-2H3. The maximum absolute atomic E-state index is 2.48. The molecule has 0 heterocycles. The number of fused-ring (bicyclic) bond motifs is 6. The van der Waals surface area contributed by atoms with Gasteiger partial charge in [0, 0.05) is 22.5 Å². The Hall–Kier alpha value is -6.44. The summed E-state index contributed by atoms with van der Waals surface area (Å²) in [5, 5.41) is 0. The molecule has 10 rings (SSSR count). The van der Waals surface area contributed by atoms with Gasteiger partial charge in [-0.05, 0) is 103 Å². The number of hydrogen-bond donors (Lipinski definition) is 0. The Morgan fingerprint density at radius 3 is 1.49 bits per heavy atom. The molecule has 0 amide bonds. The molecule has 1 nitrogen and oxygen atoms in total. The number of anilines is 3. The van der Waals surface area contributed by atoms with Crippen molar-refractivity contribution < 1.29 is 0 Å². The van der Waals surface area contributed by atoms with Crippen LogP contribution in [0.5, 0.6) is 0 Å². The first kappa shape index (κ1) is 31.3. The van der Waals surface area contributed by atoms with E-state index in [2.05, 4.69) is 219 Å². The molecule has 0 bridgehead atoms. The molecule has 8 aromatic rings. The van der Waals surface area contributed by atoms with E-state index >= 15 is 0 Å². The van der Waals surface area contributed by atoms with Crippen LogP contribution in [0.3, 0.4) is 0 Å². The van der Waals surface area contributed by atoms with Gasteiger partial charge in [-0.3, -0.25) is 0 Å². The summed E-state index contributed by atoms with van der Waals surface area (Å²) in [4.78, 5) is 2.45. The van der Waals surface area contributed by atoms with Gasteiger partial charge < -0.3 is 4.90 Å². The summed E-state index contributed by atoms with van der Waals surface area (Å²) < 4.78 is 0. The summed E-state index contributed by atoms with van der Waals surface area (Å²) in [5.41, 5.74) is 18.4. The van der Waals surface area contributed by atoms with Gasteiger partial charge in [0.15, 0.2) is 0 Å². The first-order valence-corrected chi connectivity index (χ1v) is 18.6. The van der Waals surface area contributed by atoms with Gasteiger partial charge in [0.1, 0.15) is 0 Å². The minimum Gasteiger partial charge on any atom is -0.310 e. The summed E-state index contributed by atoms with van der Waals surface area (Å²) >= 11 is 0. The zero-order valence-electron chi connectivity index (χ0n) is 30.0. The van der Waals surface area contributed by atoms with Gasteiger partial charge in [-0.15, -0.1) is 0 Å². The normalized spacial score (nSPS) is 14.2. The molecule has 0 aromatic heterocycles. The lowest BCUT2D eigenvalue weighted by atomic mass is 9.67. The molecule has 0 unspecified atom stereocenters. The lowest BCUT2D eigenvalue weighted by Gasteiger charge is -2.35. The van der Waals surface area contributed by atoms with Gasteiger partial charge in [0.25, 0.3) is 0 Å². The van der Waals surface area contributed by atoms with Crippen LogP contribution in [-0.2, 0) is 10.8 Å². The van der Waals surface area contributed by atoms with Gasteiger partial charge in [-0.25, -0.2) is 0 Å². The molecule has 0 radical (unpaired) electrons. The van der Waals surface area contributed by atoms with Crippen LogP contribution in [0.15, 0.2) is 200 Å². The van der Waals surface area contributed by atoms with E-state index in [4.69, 9.17) is 0 Å². The average molecular weight is 678 g/mol. The molecule has 1 heteroatoms. The molecule has 2 aliphatic carbocycles. The molecule has 0 atom stereocenters. The third-order valence-electron chi connectivity index (χ3n) is 11.7. The van der Waals surface area contributed by atoms with Crippen molar-refractivity contribution >= 4 is 17.1 Å². The third-order valence-corrected chi connectivity index (χ3v) is 11.7. The Labute approximate surface area is 312 Å². The molecule has 53 heavy (non-hydrogen) atoms. The van der Waals surface area contributed by atoms with Crippen LogP contribution < -0.4 is 4.90 Å². The largest absolute Gasteiger partial charge is 0.310 e. The highest BCUT2D eigenvalue weighted by Gasteiger charge is 2.47. The fourth-order valence-electron chi connectivity index (χ4n) is 9.38. The fourth-order valence-corrected chi connectivity index (χ4v) is 9.38. The van der Waals surface area contributed by atoms with E-state index in [1.165, 1.54) is 66.8 Å². The van der Waals surface area contributed by atoms with Gasteiger partial charge in [0.05, 0.1) is 5.41 Å². The van der Waals surface area contributed by atoms with Crippen LogP contribution in [0.25, 0.3) is 33.4 Å². The smallest absolute Gasteiger partial charge is 0.0714 e. The molecule has 0 aliphatic heterocycles. The number of benzene rings is 8. The van der Waals surface area contributed by atoms with Crippen molar-refractivity contribution in [3.05, 3.63) is 234 Å². The third kappa shape index (κ3) is 4.64. The molecular weight excluding hydrogens is 639 g/mol. The lowest BCUT2D eigenvalue weighted by Crippen LogP contribution is -2.28. The van der Waals surface area contributed by atoms with E-state index in [9.17, 15) is 0 Å². The molecule has 0 N–H and O–H groups in total. The Balaban J connectivity index is 1.26. The highest BCUT2D eigenvalue weighted by atomic mass is 15.1. The maximum atomic E-state index is 2.48. The first-order chi connectivity index (χ1) is 26.1. The second-order valence-corrected chi connectivity index (χ2v) is 14.9. The first-order valence-electron chi connectivity index (χ1n) is 18.6. The SMILES string of the molecule is CC1(C)c2ccccc2-c2ccc(N(c3ccccc3)c3ccc4c(c3)C(c3ccccc3)(c3ccccc3)c3cccc(-c5ccccc5)c3-4)cc21. The van der Waals surface area contributed by atoms with Crippen LogP contribution in [0, 0.1) is 0 Å². The molecular formula is C52H39N. The van der Waals surface area contributed by atoms with E-state index in [1.54, 1.807) is 0 Å². The Morgan fingerprint density at radius 1 is 0.340 bits per heavy atom. The number of nitrogens with zero attached hydrogens (tertiary/aromatic N) is 1. The van der Waals surface area contributed by atoms with E-state index in [1.807, 2.05) is 0 Å². The fraction of sp³-hybridized carbons (Fsp3) is 0.0769. The summed E-state index contributed by atoms with van der Waals surface area (Å²) in [7, 11) is 0. The van der Waals surface area contributed by atoms with Crippen LogP contribution in [0.2, 0.25) is 0 Å². The minimum absolute atomic E-state index is 0.104. The van der Waals surface area contributed by atoms with Crippen molar-refractivity contribution in [1.82, 2.24) is 0 Å². The number of hydrogen-bond acceptors (Lipinski definition) is 1. The summed E-state index contributed by atoms with van der Waals surface area (Å²) in [6, 6.07) is 74.0. The van der Waals surface area contributed by atoms with Crippen molar-refractivity contribution in [2.24, 2.45) is 0 Å². The van der Waals surface area contributed by atoms with E-state index in [0.29, 0.717) is 0 Å². The monoisotopic (exact) mass is 677 g/mol. The van der Waals surface area contributed by atoms with Gasteiger partial charge in [-0.2, -0.15) is 0 Å². The topological polar surface area (TPSA) is 3.24 Å². The average Bonchev–Trinajstić information content (AvgIpc) is 3.65. The summed E-state index contributed by atoms with van der Waals surface area (Å²) in [5.74, 6) is 0. The second kappa shape index (κ2) is 12.1. The van der Waals surface area contributed by atoms with Crippen LogP contribution in [-0.4, -0.2) is 0 Å². The maximum Gasteiger partial charge on any atom is 0.0714 e. The van der Waals surface area contributed by atoms with E-state index in [0.717, 1.165) is 17.1 Å². The zero-order valence-corrected chi connectivity index (χ0v) is 30.0. The highest BCUT2D eigenvalue weighted by molar-refractivity contribution is 5.97. The molecule has 252 valence electrons. The van der Waals surface area contributed by atoms with Crippen molar-refractivity contribution in [1.29, 1.82) is 0 Å². The van der Waals surface area contributed by atoms with Crippen LogP contribution in [0.4, 0.5) is 17.1 Å². The lowest BCUT2D eigenvalue weighted by molar-refractivity contribution is 0.660. The Kier molecular flexibility index (Phi) is 7.13. The Bertz CT molecular complexity index is 2580. The molecule has 0 saturated heterocycles. The molecule has 8 aromatic carbocycles. The molecule has 0 saturated carbocycles. The quantitative estimate of drug-likeness (QED) is 0.169. The molecule has 2 aliphatic rings. The highest BCUT2D eigenvalue weighted by Crippen LogP contribution is 2.59. The zero-order chi connectivity index (χ0) is 35.6. The Morgan fingerprint density at radius 2 is 0.830 bits per heavy atom. The van der Waals surface area contributed by atoms with Crippen molar-refractivity contribution in [2.45, 2.75) is 24.7 Å². The van der Waals surface area contributed by atoms with E-state index < -0.39 is 5.41 Å². The van der Waals surface area contributed by atoms with Crippen LogP contribution >= 0.6 is 0 Å². The van der Waals surface area contributed by atoms with Gasteiger partial charge in [-0.1, -0.05) is 178 Å². The molecule has 0 spiro atoms. The van der Waals surface area contributed by atoms with Gasteiger partial charge >= 0.3 is 0 Å². The van der Waals surface area contributed by atoms with Gasteiger partial charge in [0.2, 0.25) is 0 Å². The summed E-state index contributed by atoms with van der Waals surface area (Å²) in [6.07, 6.45) is 0. The second-order valence-electron chi connectivity index (χ2n) is 14.9. The van der Waals surface area contributed by atoms with Crippen LogP contribution in [0.1, 0.15) is 47.2 Å². The summed E-state index contributed by atoms with van der Waals surface area (Å²) in [6.45, 7) is 4.72. The predicted octanol–water partition coefficient (Wildman–Crippen LogP) is 13.5. The number of rotatable bonds is 6. The molecule has 0 fully saturated rings.